The van der Waals surface area contributed by atoms with Crippen molar-refractivity contribution in [3.05, 3.63) is 0 Å². The molecule has 0 aliphatic carbocycles. The molecule has 0 radical (unpaired) electrons. The molecule has 0 aromatic rings. The smallest absolute Gasteiger partial charge is 0.237 e. The maximum absolute atomic E-state index is 11.5. The van der Waals surface area contributed by atoms with E-state index >= 15 is 0 Å². The lowest BCUT2D eigenvalue weighted by Crippen LogP contribution is -2.46. The van der Waals surface area contributed by atoms with E-state index in [4.69, 9.17) is 6.42 Å². The van der Waals surface area contributed by atoms with E-state index in [-0.39, 0.29) is 11.9 Å². The maximum Gasteiger partial charge on any atom is 0.237 e. The number of carbonyl (C=O) groups is 1. The lowest BCUT2D eigenvalue weighted by Gasteiger charge is -2.21. The zero-order valence-electron chi connectivity index (χ0n) is 10.8. The van der Waals surface area contributed by atoms with Crippen LogP contribution >= 0.6 is 0 Å². The van der Waals surface area contributed by atoms with E-state index in [1.807, 2.05) is 6.92 Å². The van der Waals surface area contributed by atoms with E-state index in [1.165, 1.54) is 6.42 Å². The van der Waals surface area contributed by atoms with Crippen molar-refractivity contribution in [2.45, 2.75) is 52.6 Å². The van der Waals surface area contributed by atoms with Crippen LogP contribution in [0.4, 0.5) is 0 Å². The quantitative estimate of drug-likeness (QED) is 0.644. The summed E-state index contributed by atoms with van der Waals surface area (Å²) in [5.41, 5.74) is 0. The summed E-state index contributed by atoms with van der Waals surface area (Å²) in [4.78, 5) is 11.5. The molecule has 2 N–H and O–H groups in total. The highest BCUT2D eigenvalue weighted by Gasteiger charge is 2.15. The van der Waals surface area contributed by atoms with Gasteiger partial charge < -0.3 is 10.6 Å². The zero-order valence-corrected chi connectivity index (χ0v) is 10.8. The Morgan fingerprint density at radius 1 is 1.38 bits per heavy atom. The Morgan fingerprint density at radius 3 is 2.50 bits per heavy atom. The van der Waals surface area contributed by atoms with Gasteiger partial charge in [0.2, 0.25) is 5.91 Å². The second-order valence-electron chi connectivity index (χ2n) is 4.46. The second kappa shape index (κ2) is 8.18. The molecule has 0 aliphatic heterocycles. The fraction of sp³-hybridized carbons (Fsp3) is 0.769. The van der Waals surface area contributed by atoms with Crippen LogP contribution in [-0.4, -0.2) is 24.5 Å². The second-order valence-corrected chi connectivity index (χ2v) is 4.46. The van der Waals surface area contributed by atoms with Gasteiger partial charge in [-0.15, -0.1) is 6.42 Å². The first-order valence-corrected chi connectivity index (χ1v) is 5.98. The average molecular weight is 224 g/mol. The summed E-state index contributed by atoms with van der Waals surface area (Å²) in [6.45, 7) is 8.67. The summed E-state index contributed by atoms with van der Waals surface area (Å²) in [5.74, 6) is 3.04. The molecule has 1 amide bonds. The summed E-state index contributed by atoms with van der Waals surface area (Å²) >= 11 is 0. The van der Waals surface area contributed by atoms with Crippen LogP contribution in [0.5, 0.6) is 0 Å². The van der Waals surface area contributed by atoms with Gasteiger partial charge in [0.15, 0.2) is 0 Å². The van der Waals surface area contributed by atoms with Gasteiger partial charge in [-0.1, -0.05) is 26.2 Å². The first kappa shape index (κ1) is 15.0. The molecular weight excluding hydrogens is 200 g/mol. The topological polar surface area (TPSA) is 41.1 Å². The van der Waals surface area contributed by atoms with Crippen LogP contribution in [0.25, 0.3) is 0 Å². The van der Waals surface area contributed by atoms with Gasteiger partial charge in [0.1, 0.15) is 0 Å². The third-order valence-electron chi connectivity index (χ3n) is 2.75. The van der Waals surface area contributed by atoms with E-state index < -0.39 is 0 Å². The molecule has 0 aromatic heterocycles. The number of terminal acetylenes is 1. The van der Waals surface area contributed by atoms with Crippen LogP contribution < -0.4 is 10.6 Å². The molecule has 0 rings (SSSR count). The van der Waals surface area contributed by atoms with E-state index in [2.05, 4.69) is 37.3 Å². The number of hydrogen-bond acceptors (Lipinski definition) is 2. The van der Waals surface area contributed by atoms with Crippen molar-refractivity contribution in [1.29, 1.82) is 0 Å². The summed E-state index contributed by atoms with van der Waals surface area (Å²) in [5, 5.41) is 5.94. The van der Waals surface area contributed by atoms with Crippen LogP contribution in [0.3, 0.4) is 0 Å². The van der Waals surface area contributed by atoms with Gasteiger partial charge >= 0.3 is 0 Å². The fourth-order valence-corrected chi connectivity index (χ4v) is 1.63. The van der Waals surface area contributed by atoms with Gasteiger partial charge in [-0.25, -0.2) is 0 Å². The normalized spacial score (nSPS) is 15.9. The summed E-state index contributed by atoms with van der Waals surface area (Å²) < 4.78 is 0. The number of hydrogen-bond donors (Lipinski definition) is 2. The largest absolute Gasteiger partial charge is 0.344 e. The van der Waals surface area contributed by atoms with Crippen molar-refractivity contribution >= 4 is 5.91 Å². The average Bonchev–Trinajstić information content (AvgIpc) is 2.25. The molecule has 0 bridgehead atoms. The minimum absolute atomic E-state index is 0.0334. The highest BCUT2D eigenvalue weighted by molar-refractivity contribution is 5.81. The van der Waals surface area contributed by atoms with Gasteiger partial charge in [0.25, 0.3) is 0 Å². The molecule has 3 nitrogen and oxygen atoms in total. The van der Waals surface area contributed by atoms with Crippen molar-refractivity contribution < 1.29 is 4.79 Å². The molecule has 3 unspecified atom stereocenters. The monoisotopic (exact) mass is 224 g/mol. The van der Waals surface area contributed by atoms with Gasteiger partial charge in [-0.3, -0.25) is 4.79 Å². The molecule has 16 heavy (non-hydrogen) atoms. The molecule has 0 saturated heterocycles. The SMILES string of the molecule is C#CCNC(=O)C(C)NC(C)CC(C)CC. The minimum atomic E-state index is -0.188. The highest BCUT2D eigenvalue weighted by atomic mass is 16.2. The first-order valence-electron chi connectivity index (χ1n) is 5.98. The highest BCUT2D eigenvalue weighted by Crippen LogP contribution is 2.09. The first-order chi connectivity index (χ1) is 7.51. The van der Waals surface area contributed by atoms with Crippen LogP contribution in [0.1, 0.15) is 40.5 Å². The van der Waals surface area contributed by atoms with Gasteiger partial charge in [-0.2, -0.15) is 0 Å². The molecule has 3 atom stereocenters. The molecule has 92 valence electrons. The lowest BCUT2D eigenvalue weighted by atomic mass is 10.00. The van der Waals surface area contributed by atoms with Gasteiger partial charge in [0.05, 0.1) is 12.6 Å². The van der Waals surface area contributed by atoms with Crippen LogP contribution in [0.2, 0.25) is 0 Å². The Bertz CT molecular complexity index is 245. The molecule has 0 heterocycles. The number of nitrogens with one attached hydrogen (secondary N) is 2. The fourth-order valence-electron chi connectivity index (χ4n) is 1.63. The van der Waals surface area contributed by atoms with Crippen molar-refractivity contribution in [3.8, 4) is 12.3 Å². The van der Waals surface area contributed by atoms with Crippen molar-refractivity contribution in [2.75, 3.05) is 6.54 Å². The van der Waals surface area contributed by atoms with Gasteiger partial charge in [-0.05, 0) is 26.2 Å². The molecule has 0 spiro atoms. The lowest BCUT2D eigenvalue weighted by molar-refractivity contribution is -0.122. The van der Waals surface area contributed by atoms with Gasteiger partial charge in [0, 0.05) is 6.04 Å². The Labute approximate surface area is 99.4 Å². The molecule has 0 aromatic carbocycles. The van der Waals surface area contributed by atoms with E-state index in [1.54, 1.807) is 0 Å². The predicted molar refractivity (Wildman–Crippen MR) is 68.0 cm³/mol. The molecular formula is C13H24N2O. The number of amides is 1. The third kappa shape index (κ3) is 6.47. The zero-order chi connectivity index (χ0) is 12.6. The Balaban J connectivity index is 3.89. The van der Waals surface area contributed by atoms with Crippen molar-refractivity contribution in [2.24, 2.45) is 5.92 Å². The summed E-state index contributed by atoms with van der Waals surface area (Å²) in [6, 6.07) is 0.161. The molecule has 0 aliphatic rings. The predicted octanol–water partition coefficient (Wildman–Crippen LogP) is 1.54. The molecule has 0 fully saturated rings. The van der Waals surface area contributed by atoms with E-state index in [0.29, 0.717) is 18.5 Å². The van der Waals surface area contributed by atoms with Crippen LogP contribution in [0.15, 0.2) is 0 Å². The Morgan fingerprint density at radius 2 is 2.00 bits per heavy atom. The number of carbonyl (C=O) groups excluding carboxylic acids is 1. The Hall–Kier alpha value is -1.01. The maximum atomic E-state index is 11.5. The van der Waals surface area contributed by atoms with Crippen molar-refractivity contribution in [1.82, 2.24) is 10.6 Å². The van der Waals surface area contributed by atoms with Crippen LogP contribution in [0, 0.1) is 18.3 Å². The molecule has 3 heteroatoms. The molecule has 0 saturated carbocycles. The van der Waals surface area contributed by atoms with Crippen molar-refractivity contribution in [3.63, 3.8) is 0 Å². The minimum Gasteiger partial charge on any atom is -0.344 e. The number of rotatable bonds is 7. The summed E-state index contributed by atoms with van der Waals surface area (Å²) in [6.07, 6.45) is 7.33. The summed E-state index contributed by atoms with van der Waals surface area (Å²) in [7, 11) is 0. The van der Waals surface area contributed by atoms with Crippen LogP contribution in [-0.2, 0) is 4.79 Å². The van der Waals surface area contributed by atoms with E-state index in [0.717, 1.165) is 6.42 Å². The Kier molecular flexibility index (Phi) is 7.66. The van der Waals surface area contributed by atoms with E-state index in [9.17, 15) is 4.79 Å². The third-order valence-corrected chi connectivity index (χ3v) is 2.75. The standard InChI is InChI=1S/C13H24N2O/c1-6-8-14-13(16)12(5)15-11(4)9-10(3)7-2/h1,10-12,15H,7-9H2,2-5H3,(H,14,16).